The van der Waals surface area contributed by atoms with Gasteiger partial charge in [0, 0.05) is 47.5 Å². The lowest BCUT2D eigenvalue weighted by molar-refractivity contribution is -0.143. The van der Waals surface area contributed by atoms with Crippen molar-refractivity contribution in [3.05, 3.63) is 168 Å². The molecule has 0 saturated carbocycles. The molecule has 1 heterocycles. The molecule has 1 unspecified atom stereocenters. The van der Waals surface area contributed by atoms with Crippen molar-refractivity contribution >= 4 is 73.1 Å². The van der Waals surface area contributed by atoms with Crippen LogP contribution >= 0.6 is 0 Å². The molecule has 7 aromatic rings. The van der Waals surface area contributed by atoms with E-state index >= 15 is 0 Å². The smallest absolute Gasteiger partial charge is 0.488 e. The summed E-state index contributed by atoms with van der Waals surface area (Å²) in [6, 6.07) is 42.8. The maximum atomic E-state index is 11.6. The zero-order chi connectivity index (χ0) is 48.8. The van der Waals surface area contributed by atoms with E-state index in [1.165, 1.54) is 41.6 Å². The van der Waals surface area contributed by atoms with E-state index < -0.39 is 25.1 Å². The highest BCUT2D eigenvalue weighted by Gasteiger charge is 2.21. The van der Waals surface area contributed by atoms with Crippen molar-refractivity contribution < 1.29 is 58.4 Å². The number of aliphatic carboxylic acids is 2. The molecular weight excluding hydrogens is 856 g/mol. The summed E-state index contributed by atoms with van der Waals surface area (Å²) in [5, 5.41) is 38.4. The van der Waals surface area contributed by atoms with Gasteiger partial charge in [-0.3, -0.25) is 14.4 Å². The number of nitrogens with two attached hydrogens (primary N) is 1. The van der Waals surface area contributed by atoms with Crippen molar-refractivity contribution in [1.82, 2.24) is 4.98 Å². The van der Waals surface area contributed by atoms with Crippen LogP contribution in [0, 0.1) is 6.92 Å². The molecule has 1 aromatic heterocycles. The Hall–Kier alpha value is -8.14. The van der Waals surface area contributed by atoms with E-state index in [2.05, 4.69) is 53.6 Å². The molecule has 67 heavy (non-hydrogen) atoms. The molecule has 0 saturated heterocycles. The van der Waals surface area contributed by atoms with Crippen LogP contribution in [0.2, 0.25) is 0 Å². The van der Waals surface area contributed by atoms with Crippen molar-refractivity contribution in [3.63, 3.8) is 0 Å². The second-order valence-electron chi connectivity index (χ2n) is 13.9. The molecule has 1 atom stereocenters. The fraction of sp³-hybridized carbons (Fsp3) is 0.140. The molecule has 0 bridgehead atoms. The lowest BCUT2D eigenvalue weighted by Gasteiger charge is -2.18. The monoisotopic (exact) mass is 908 g/mol. The number of carboxylic acid groups (broad SMARTS) is 2. The molecule has 0 aliphatic rings. The third-order valence-electron chi connectivity index (χ3n) is 9.50. The van der Waals surface area contributed by atoms with Gasteiger partial charge in [0.15, 0.2) is 17.6 Å². The third kappa shape index (κ3) is 17.1. The number of aromatic amines is 1. The first-order valence-electron chi connectivity index (χ1n) is 20.0. The number of Topliss-reactive ketones (excluding diaryl/α,β-unsaturated/α-hetero) is 2. The number of methoxy groups -OCH3 is 3. The number of aldehydes is 1. The Kier molecular flexibility index (Phi) is 22.9. The number of H-pyrrole nitrogens is 1. The van der Waals surface area contributed by atoms with Crippen LogP contribution in [0.5, 0.6) is 17.2 Å². The van der Waals surface area contributed by atoms with Gasteiger partial charge in [-0.2, -0.15) is 0 Å². The molecule has 7 rings (SSSR count). The van der Waals surface area contributed by atoms with E-state index in [1.807, 2.05) is 18.2 Å². The highest BCUT2D eigenvalue weighted by atomic mass is 16.5. The lowest BCUT2D eigenvalue weighted by atomic mass is 9.80. The minimum absolute atomic E-state index is 0. The molecule has 8 N–H and O–H groups in total. The summed E-state index contributed by atoms with van der Waals surface area (Å²) in [4.78, 5) is 55.4. The van der Waals surface area contributed by atoms with E-state index in [-0.39, 0.29) is 26.3 Å². The number of aryl methyl sites for hydroxylation is 1. The van der Waals surface area contributed by atoms with E-state index in [0.29, 0.717) is 45.0 Å². The SMILES string of the molecule is CC(=O)c1ccccc1N.COc1ccc(-c2[nH]c3ccccc3c2C)cc1.COc1ccc(B(O)O)cc1.COc1ccc(C(Nc2ccccc2C(C)=O)C(=O)O)cc1.O=CC(=O)O.[B]. The fourth-order valence-corrected chi connectivity index (χ4v) is 6.08. The van der Waals surface area contributed by atoms with Gasteiger partial charge < -0.3 is 50.5 Å². The van der Waals surface area contributed by atoms with Crippen molar-refractivity contribution in [2.45, 2.75) is 26.8 Å². The van der Waals surface area contributed by atoms with Gasteiger partial charge in [-0.25, -0.2) is 9.59 Å². The quantitative estimate of drug-likeness (QED) is 0.0214. The first-order chi connectivity index (χ1) is 31.5. The summed E-state index contributed by atoms with van der Waals surface area (Å²) in [5.74, 6) is -0.326. The molecular formula is C50H52B2N3O12. The summed E-state index contributed by atoms with van der Waals surface area (Å²) in [5.41, 5.74) is 13.5. The molecule has 6 aromatic carbocycles. The van der Waals surface area contributed by atoms with E-state index in [1.54, 1.807) is 112 Å². The van der Waals surface area contributed by atoms with E-state index in [9.17, 15) is 19.5 Å². The Labute approximate surface area is 390 Å². The van der Waals surface area contributed by atoms with Crippen LogP contribution < -0.4 is 30.7 Å². The summed E-state index contributed by atoms with van der Waals surface area (Å²) in [7, 11) is 3.39. The average Bonchev–Trinajstić information content (AvgIpc) is 3.67. The number of fused-ring (bicyclic) bond motifs is 1. The van der Waals surface area contributed by atoms with Crippen LogP contribution in [0.25, 0.3) is 22.2 Å². The number of carboxylic acids is 2. The zero-order valence-corrected chi connectivity index (χ0v) is 37.8. The summed E-state index contributed by atoms with van der Waals surface area (Å²) in [6.07, 6.45) is -0.167. The molecule has 3 radical (unpaired) electrons. The second kappa shape index (κ2) is 27.9. The Balaban J connectivity index is 0.000000307. The number of carbonyl (C=O) groups is 5. The number of nitrogen functional groups attached to an aromatic ring is 1. The van der Waals surface area contributed by atoms with Crippen molar-refractivity contribution in [1.29, 1.82) is 0 Å². The average molecular weight is 909 g/mol. The van der Waals surface area contributed by atoms with E-state index in [4.69, 9.17) is 44.7 Å². The maximum absolute atomic E-state index is 11.6. The number of ketones is 2. The molecule has 15 nitrogen and oxygen atoms in total. The molecule has 0 aliphatic carbocycles. The number of rotatable bonds is 12. The molecule has 0 aliphatic heterocycles. The topological polar surface area (TPSA) is 248 Å². The van der Waals surface area contributed by atoms with Gasteiger partial charge >= 0.3 is 19.1 Å². The summed E-state index contributed by atoms with van der Waals surface area (Å²) in [6.45, 7) is 5.10. The van der Waals surface area contributed by atoms with Crippen molar-refractivity contribution in [2.24, 2.45) is 0 Å². The van der Waals surface area contributed by atoms with Gasteiger partial charge in [0.25, 0.3) is 0 Å². The Morgan fingerprint density at radius 3 is 1.54 bits per heavy atom. The molecule has 0 spiro atoms. The number of carbonyl (C=O) groups excluding carboxylic acids is 3. The van der Waals surface area contributed by atoms with Crippen LogP contribution in [0.3, 0.4) is 0 Å². The maximum Gasteiger partial charge on any atom is 0.488 e. The largest absolute Gasteiger partial charge is 0.497 e. The third-order valence-corrected chi connectivity index (χ3v) is 9.50. The van der Waals surface area contributed by atoms with Gasteiger partial charge in [0.2, 0.25) is 6.29 Å². The zero-order valence-electron chi connectivity index (χ0n) is 37.8. The van der Waals surface area contributed by atoms with Gasteiger partial charge in [-0.05, 0) is 122 Å². The van der Waals surface area contributed by atoms with Crippen LogP contribution in [-0.4, -0.2) is 91.9 Å². The fourth-order valence-electron chi connectivity index (χ4n) is 6.08. The molecule has 17 heteroatoms. The minimum Gasteiger partial charge on any atom is -0.497 e. The molecule has 0 fully saturated rings. The van der Waals surface area contributed by atoms with Gasteiger partial charge in [-0.15, -0.1) is 0 Å². The summed E-state index contributed by atoms with van der Waals surface area (Å²) < 4.78 is 15.1. The van der Waals surface area contributed by atoms with Crippen molar-refractivity contribution in [2.75, 3.05) is 32.4 Å². The first-order valence-corrected chi connectivity index (χ1v) is 20.0. The van der Waals surface area contributed by atoms with Crippen LogP contribution in [-0.2, 0) is 14.4 Å². The van der Waals surface area contributed by atoms with E-state index in [0.717, 1.165) is 5.75 Å². The normalized spacial score (nSPS) is 10.1. The van der Waals surface area contributed by atoms with Gasteiger partial charge in [0.1, 0.15) is 17.2 Å². The lowest BCUT2D eigenvalue weighted by Crippen LogP contribution is -2.29. The van der Waals surface area contributed by atoms with Crippen LogP contribution in [0.15, 0.2) is 146 Å². The number of anilines is 2. The number of nitrogens with one attached hydrogen (secondary N) is 2. The van der Waals surface area contributed by atoms with Gasteiger partial charge in [-0.1, -0.05) is 66.7 Å². The first kappa shape index (κ1) is 55.0. The number of hydrogen-bond acceptors (Lipinski definition) is 12. The highest BCUT2D eigenvalue weighted by Crippen LogP contribution is 2.30. The number of hydrogen-bond donors (Lipinski definition) is 7. The minimum atomic E-state index is -1.43. The number of aromatic nitrogens is 1. The van der Waals surface area contributed by atoms with Crippen LogP contribution in [0.4, 0.5) is 11.4 Å². The Morgan fingerprint density at radius 1 is 0.657 bits per heavy atom. The summed E-state index contributed by atoms with van der Waals surface area (Å²) >= 11 is 0. The second-order valence-corrected chi connectivity index (χ2v) is 13.9. The van der Waals surface area contributed by atoms with Gasteiger partial charge in [0.05, 0.1) is 21.3 Å². The standard InChI is InChI=1S/C17H17NO4.C16H15NO.C8H9NO.C7H9BO3.C2H2O3.B/c1-11(19)14-5-3-4-6-15(14)18-16(17(20)21)12-7-9-13(22-2)10-8-12;1-11-14-5-3-4-6-15(14)17-16(11)12-7-9-13(18-2)10-8-12;1-6(10)7-4-2-3-5-8(7)9;1-11-7-4-2-6(3-5-7)8(9)10;3-1-2(4)5;/h3-10,16,18H,1-2H3,(H,20,21);3-10,17H,1-2H3;2-5H,9H2,1H3;2-5,9-10H,1H3;1H,(H,4,5);. The van der Waals surface area contributed by atoms with Crippen LogP contribution in [0.1, 0.15) is 51.7 Å². The highest BCUT2D eigenvalue weighted by molar-refractivity contribution is 6.58. The Bertz CT molecular complexity index is 2670. The predicted molar refractivity (Wildman–Crippen MR) is 262 cm³/mol. The van der Waals surface area contributed by atoms with Crippen molar-refractivity contribution in [3.8, 4) is 28.5 Å². The molecule has 345 valence electrons. The number of para-hydroxylation sites is 3. The molecule has 0 amide bonds. The number of ether oxygens (including phenoxy) is 3. The predicted octanol–water partition coefficient (Wildman–Crippen LogP) is 7.02. The number of benzene rings is 6. The Morgan fingerprint density at radius 2 is 1.10 bits per heavy atom.